The summed E-state index contributed by atoms with van der Waals surface area (Å²) in [6.07, 6.45) is 0. The Morgan fingerprint density at radius 2 is 1.05 bits per heavy atom. The summed E-state index contributed by atoms with van der Waals surface area (Å²) >= 11 is 0. The van der Waals surface area contributed by atoms with E-state index >= 15 is 0 Å². The van der Waals surface area contributed by atoms with Gasteiger partial charge in [-0.1, -0.05) is 76.2 Å². The Balaban J connectivity index is 0.000000228. The highest BCUT2D eigenvalue weighted by molar-refractivity contribution is 7.89. The van der Waals surface area contributed by atoms with Crippen molar-refractivity contribution < 1.29 is 21.8 Å². The maximum atomic E-state index is 12.8. The molecule has 0 aromatic heterocycles. The number of nitro benzene ring substituents is 1. The number of aryl methyl sites for hydroxylation is 2. The van der Waals surface area contributed by atoms with Crippen LogP contribution in [0.4, 0.5) is 5.69 Å². The number of fused-ring (bicyclic) bond motifs is 2. The molecule has 0 aliphatic rings. The first-order chi connectivity index (χ1) is 19.4. The molecule has 11 heteroatoms. The van der Waals surface area contributed by atoms with E-state index in [0.29, 0.717) is 36.5 Å². The standard InChI is InChI=1S/C15H18N2O4S.C15H19NO2S/c1-4-16(5-2)22(20,21)14-10-9-11(3)12-7-6-8-13(15(12)14)17(18)19;1-4-16(5-2)19(17,18)15-11-10-12(3)13-8-6-7-9-14(13)15/h6-10H,4-5H2,1-3H3;6-11H,4-5H2,1-3H3. The lowest BCUT2D eigenvalue weighted by Gasteiger charge is -2.20. The number of rotatable bonds is 9. The fourth-order valence-electron chi connectivity index (χ4n) is 4.92. The van der Waals surface area contributed by atoms with Gasteiger partial charge >= 0.3 is 0 Å². The zero-order valence-electron chi connectivity index (χ0n) is 24.3. The first-order valence-corrected chi connectivity index (χ1v) is 16.4. The molecule has 4 aromatic carbocycles. The van der Waals surface area contributed by atoms with Gasteiger partial charge in [-0.3, -0.25) is 10.1 Å². The van der Waals surface area contributed by atoms with E-state index < -0.39 is 25.0 Å². The van der Waals surface area contributed by atoms with E-state index in [0.717, 1.165) is 21.9 Å². The fraction of sp³-hybridized carbons (Fsp3) is 0.333. The summed E-state index contributed by atoms with van der Waals surface area (Å²) in [6, 6.07) is 19.0. The number of non-ortho nitro benzene ring substituents is 1. The van der Waals surface area contributed by atoms with E-state index in [-0.39, 0.29) is 16.0 Å². The Morgan fingerprint density at radius 3 is 1.56 bits per heavy atom. The van der Waals surface area contributed by atoms with Crippen LogP contribution < -0.4 is 0 Å². The molecule has 0 aliphatic heterocycles. The molecule has 0 bridgehead atoms. The molecule has 220 valence electrons. The van der Waals surface area contributed by atoms with Crippen LogP contribution in [0.5, 0.6) is 0 Å². The highest BCUT2D eigenvalue weighted by atomic mass is 32.2. The summed E-state index contributed by atoms with van der Waals surface area (Å²) in [5.74, 6) is 0. The Labute approximate surface area is 242 Å². The number of nitrogens with zero attached hydrogens (tertiary/aromatic N) is 3. The van der Waals surface area contributed by atoms with Crippen molar-refractivity contribution in [2.24, 2.45) is 0 Å². The van der Waals surface area contributed by atoms with Crippen molar-refractivity contribution >= 4 is 47.3 Å². The van der Waals surface area contributed by atoms with E-state index in [1.54, 1.807) is 45.0 Å². The van der Waals surface area contributed by atoms with Crippen LogP contribution in [0.15, 0.2) is 76.5 Å². The number of sulfonamides is 2. The third-order valence-electron chi connectivity index (χ3n) is 7.14. The van der Waals surface area contributed by atoms with E-state index in [1.165, 1.54) is 20.7 Å². The van der Waals surface area contributed by atoms with Gasteiger partial charge in [0.2, 0.25) is 20.0 Å². The van der Waals surface area contributed by atoms with Gasteiger partial charge in [-0.05, 0) is 47.9 Å². The van der Waals surface area contributed by atoms with Gasteiger partial charge in [0.05, 0.1) is 20.1 Å². The zero-order valence-corrected chi connectivity index (χ0v) is 25.9. The summed E-state index contributed by atoms with van der Waals surface area (Å²) in [7, 11) is -7.18. The molecule has 0 spiro atoms. The van der Waals surface area contributed by atoms with Crippen LogP contribution in [0.25, 0.3) is 21.5 Å². The van der Waals surface area contributed by atoms with Crippen molar-refractivity contribution in [1.29, 1.82) is 0 Å². The highest BCUT2D eigenvalue weighted by Crippen LogP contribution is 2.35. The van der Waals surface area contributed by atoms with Crippen molar-refractivity contribution in [2.75, 3.05) is 26.2 Å². The molecular weight excluding hydrogens is 562 g/mol. The van der Waals surface area contributed by atoms with Crippen LogP contribution >= 0.6 is 0 Å². The van der Waals surface area contributed by atoms with Gasteiger partial charge in [0.1, 0.15) is 0 Å². The molecule has 0 fully saturated rings. The first-order valence-electron chi connectivity index (χ1n) is 13.5. The Bertz CT molecular complexity index is 1780. The normalized spacial score (nSPS) is 12.1. The van der Waals surface area contributed by atoms with Gasteiger partial charge in [-0.25, -0.2) is 16.8 Å². The van der Waals surface area contributed by atoms with Crippen molar-refractivity contribution in [3.63, 3.8) is 0 Å². The highest BCUT2D eigenvalue weighted by Gasteiger charge is 2.28. The molecular formula is C30H37N3O6S2. The van der Waals surface area contributed by atoms with Gasteiger partial charge in [-0.2, -0.15) is 8.61 Å². The number of benzene rings is 4. The summed E-state index contributed by atoms with van der Waals surface area (Å²) in [6.45, 7) is 12.6. The molecule has 0 aliphatic carbocycles. The molecule has 0 unspecified atom stereocenters. The van der Waals surface area contributed by atoms with Crippen molar-refractivity contribution in [1.82, 2.24) is 8.61 Å². The maximum absolute atomic E-state index is 12.8. The summed E-state index contributed by atoms with van der Waals surface area (Å²) in [5.41, 5.74) is 1.71. The van der Waals surface area contributed by atoms with E-state index in [1.807, 2.05) is 51.1 Å². The van der Waals surface area contributed by atoms with Gasteiger partial charge in [-0.15, -0.1) is 0 Å². The lowest BCUT2D eigenvalue weighted by molar-refractivity contribution is -0.383. The minimum atomic E-state index is -3.77. The Morgan fingerprint density at radius 1 is 0.610 bits per heavy atom. The van der Waals surface area contributed by atoms with Gasteiger partial charge in [0, 0.05) is 37.6 Å². The van der Waals surface area contributed by atoms with Crippen LogP contribution in [0.2, 0.25) is 0 Å². The van der Waals surface area contributed by atoms with Crippen LogP contribution in [-0.4, -0.2) is 56.5 Å². The first kappa shape index (κ1) is 32.1. The van der Waals surface area contributed by atoms with Gasteiger partial charge < -0.3 is 0 Å². The summed E-state index contributed by atoms with van der Waals surface area (Å²) < 4.78 is 53.7. The Kier molecular flexibility index (Phi) is 10.2. The largest absolute Gasteiger partial charge is 0.278 e. The molecule has 4 rings (SSSR count). The third kappa shape index (κ3) is 6.28. The smallest absolute Gasteiger partial charge is 0.258 e. The quantitative estimate of drug-likeness (QED) is 0.165. The van der Waals surface area contributed by atoms with E-state index in [4.69, 9.17) is 0 Å². The van der Waals surface area contributed by atoms with Crippen molar-refractivity contribution in [3.8, 4) is 0 Å². The molecule has 4 aromatic rings. The second-order valence-electron chi connectivity index (χ2n) is 9.44. The molecule has 0 saturated heterocycles. The second kappa shape index (κ2) is 13.1. The molecule has 0 N–H and O–H groups in total. The lowest BCUT2D eigenvalue weighted by Crippen LogP contribution is -2.30. The summed E-state index contributed by atoms with van der Waals surface area (Å²) in [5, 5.41) is 13.9. The van der Waals surface area contributed by atoms with Crippen LogP contribution in [0, 0.1) is 24.0 Å². The van der Waals surface area contributed by atoms with Crippen LogP contribution in [0.3, 0.4) is 0 Å². The zero-order chi connectivity index (χ0) is 30.5. The summed E-state index contributed by atoms with van der Waals surface area (Å²) in [4.78, 5) is 11.2. The predicted octanol–water partition coefficient (Wildman–Crippen LogP) is 6.27. The maximum Gasteiger partial charge on any atom is 0.278 e. The van der Waals surface area contributed by atoms with Crippen molar-refractivity contribution in [2.45, 2.75) is 51.3 Å². The van der Waals surface area contributed by atoms with E-state index in [9.17, 15) is 26.9 Å². The average molecular weight is 600 g/mol. The van der Waals surface area contributed by atoms with Crippen LogP contribution in [0.1, 0.15) is 38.8 Å². The average Bonchev–Trinajstić information content (AvgIpc) is 2.94. The molecule has 0 radical (unpaired) electrons. The molecule has 0 amide bonds. The van der Waals surface area contributed by atoms with Gasteiger partial charge in [0.15, 0.2) is 0 Å². The SMILES string of the molecule is CCN(CC)S(=O)(=O)c1ccc(C)c2cccc([N+](=O)[O-])c12.CCN(CC)S(=O)(=O)c1ccc(C)c2ccccc12. The third-order valence-corrected chi connectivity index (χ3v) is 11.3. The molecule has 9 nitrogen and oxygen atoms in total. The minimum Gasteiger partial charge on any atom is -0.258 e. The van der Waals surface area contributed by atoms with Crippen LogP contribution in [-0.2, 0) is 20.0 Å². The van der Waals surface area contributed by atoms with E-state index in [2.05, 4.69) is 0 Å². The number of nitro groups is 1. The Hall–Kier alpha value is -3.38. The number of hydrogen-bond donors (Lipinski definition) is 0. The molecule has 0 heterocycles. The lowest BCUT2D eigenvalue weighted by atomic mass is 10.0. The molecule has 41 heavy (non-hydrogen) atoms. The molecule has 0 atom stereocenters. The topological polar surface area (TPSA) is 118 Å². The van der Waals surface area contributed by atoms with Gasteiger partial charge in [0.25, 0.3) is 5.69 Å². The predicted molar refractivity (Wildman–Crippen MR) is 164 cm³/mol. The molecule has 0 saturated carbocycles. The fourth-order valence-corrected chi connectivity index (χ4v) is 8.25. The minimum absolute atomic E-state index is 0.0101. The number of hydrogen-bond acceptors (Lipinski definition) is 6. The van der Waals surface area contributed by atoms with Crippen molar-refractivity contribution in [3.05, 3.63) is 88.0 Å². The second-order valence-corrected chi connectivity index (χ2v) is 13.3. The monoisotopic (exact) mass is 599 g/mol.